The third-order valence-corrected chi connectivity index (χ3v) is 2.68. The van der Waals surface area contributed by atoms with Gasteiger partial charge in [0.2, 0.25) is 5.88 Å². The standard InChI is InChI=1S/C14H15FN2O/c1-10-7-12(15)4-5-13(10)16-8-11-3-6-14(18-2)17-9-11/h3-7,9,16H,8H2,1-2H3. The zero-order valence-corrected chi connectivity index (χ0v) is 10.4. The molecule has 94 valence electrons. The number of pyridine rings is 1. The number of hydrogen-bond acceptors (Lipinski definition) is 3. The zero-order valence-electron chi connectivity index (χ0n) is 10.4. The summed E-state index contributed by atoms with van der Waals surface area (Å²) in [6.07, 6.45) is 1.75. The molecule has 0 amide bonds. The Morgan fingerprint density at radius 1 is 1.28 bits per heavy atom. The van der Waals surface area contributed by atoms with E-state index >= 15 is 0 Å². The minimum absolute atomic E-state index is 0.218. The van der Waals surface area contributed by atoms with E-state index in [0.29, 0.717) is 12.4 Å². The second kappa shape index (κ2) is 5.49. The summed E-state index contributed by atoms with van der Waals surface area (Å²) in [5.74, 6) is 0.376. The van der Waals surface area contributed by atoms with Gasteiger partial charge in [-0.25, -0.2) is 9.37 Å². The monoisotopic (exact) mass is 246 g/mol. The maximum absolute atomic E-state index is 12.9. The van der Waals surface area contributed by atoms with E-state index in [4.69, 9.17) is 4.74 Å². The number of halogens is 1. The molecule has 1 N–H and O–H groups in total. The molecular formula is C14H15FN2O. The predicted molar refractivity (Wildman–Crippen MR) is 69.3 cm³/mol. The second-order valence-corrected chi connectivity index (χ2v) is 4.02. The molecule has 0 radical (unpaired) electrons. The van der Waals surface area contributed by atoms with Crippen molar-refractivity contribution in [1.29, 1.82) is 0 Å². The topological polar surface area (TPSA) is 34.1 Å². The van der Waals surface area contributed by atoms with E-state index in [9.17, 15) is 4.39 Å². The molecule has 4 heteroatoms. The second-order valence-electron chi connectivity index (χ2n) is 4.02. The zero-order chi connectivity index (χ0) is 13.0. The van der Waals surface area contributed by atoms with Crippen molar-refractivity contribution >= 4 is 5.69 Å². The normalized spacial score (nSPS) is 10.2. The summed E-state index contributed by atoms with van der Waals surface area (Å²) in [7, 11) is 1.59. The minimum Gasteiger partial charge on any atom is -0.481 e. The van der Waals surface area contributed by atoms with Gasteiger partial charge in [-0.1, -0.05) is 6.07 Å². The molecule has 0 unspecified atom stereocenters. The van der Waals surface area contributed by atoms with Crippen LogP contribution in [-0.4, -0.2) is 12.1 Å². The summed E-state index contributed by atoms with van der Waals surface area (Å²) in [4.78, 5) is 4.12. The van der Waals surface area contributed by atoms with Crippen LogP contribution in [0.25, 0.3) is 0 Å². The van der Waals surface area contributed by atoms with E-state index in [2.05, 4.69) is 10.3 Å². The van der Waals surface area contributed by atoms with Gasteiger partial charge in [0.25, 0.3) is 0 Å². The lowest BCUT2D eigenvalue weighted by molar-refractivity contribution is 0.397. The van der Waals surface area contributed by atoms with Gasteiger partial charge in [0, 0.05) is 24.5 Å². The Morgan fingerprint density at radius 3 is 2.72 bits per heavy atom. The van der Waals surface area contributed by atoms with E-state index in [1.54, 1.807) is 19.4 Å². The lowest BCUT2D eigenvalue weighted by Crippen LogP contribution is -2.02. The third-order valence-electron chi connectivity index (χ3n) is 2.68. The van der Waals surface area contributed by atoms with Crippen LogP contribution in [0.3, 0.4) is 0 Å². The largest absolute Gasteiger partial charge is 0.481 e. The Hall–Kier alpha value is -2.10. The minimum atomic E-state index is -0.218. The number of nitrogens with one attached hydrogen (secondary N) is 1. The number of methoxy groups -OCH3 is 1. The molecule has 0 bridgehead atoms. The lowest BCUT2D eigenvalue weighted by Gasteiger charge is -2.09. The summed E-state index contributed by atoms with van der Waals surface area (Å²) in [5.41, 5.74) is 2.85. The first-order valence-corrected chi connectivity index (χ1v) is 5.68. The molecule has 0 atom stereocenters. The number of rotatable bonds is 4. The van der Waals surface area contributed by atoms with Gasteiger partial charge in [0.05, 0.1) is 7.11 Å². The van der Waals surface area contributed by atoms with Gasteiger partial charge in [-0.3, -0.25) is 0 Å². The van der Waals surface area contributed by atoms with Crippen molar-refractivity contribution in [2.45, 2.75) is 13.5 Å². The van der Waals surface area contributed by atoms with E-state index in [1.807, 2.05) is 19.1 Å². The highest BCUT2D eigenvalue weighted by molar-refractivity contribution is 5.50. The molecule has 2 aromatic rings. The van der Waals surface area contributed by atoms with Crippen molar-refractivity contribution in [1.82, 2.24) is 4.98 Å². The van der Waals surface area contributed by atoms with Gasteiger partial charge < -0.3 is 10.1 Å². The van der Waals surface area contributed by atoms with Crippen LogP contribution in [0.15, 0.2) is 36.5 Å². The number of hydrogen-bond donors (Lipinski definition) is 1. The van der Waals surface area contributed by atoms with Gasteiger partial charge in [-0.15, -0.1) is 0 Å². The van der Waals surface area contributed by atoms with Crippen molar-refractivity contribution in [3.63, 3.8) is 0 Å². The van der Waals surface area contributed by atoms with Crippen molar-refractivity contribution < 1.29 is 9.13 Å². The molecule has 2 rings (SSSR count). The van der Waals surface area contributed by atoms with Crippen LogP contribution >= 0.6 is 0 Å². The van der Waals surface area contributed by atoms with Crippen LogP contribution in [-0.2, 0) is 6.54 Å². The molecular weight excluding hydrogens is 231 g/mol. The summed E-state index contributed by atoms with van der Waals surface area (Å²) in [5, 5.41) is 3.25. The quantitative estimate of drug-likeness (QED) is 0.899. The molecule has 3 nitrogen and oxygen atoms in total. The SMILES string of the molecule is COc1ccc(CNc2ccc(F)cc2C)cn1. The number of benzene rings is 1. The molecule has 1 aromatic heterocycles. The molecule has 0 aliphatic heterocycles. The molecule has 1 aromatic carbocycles. The van der Waals surface area contributed by atoms with Gasteiger partial charge in [-0.2, -0.15) is 0 Å². The van der Waals surface area contributed by atoms with E-state index in [0.717, 1.165) is 16.8 Å². The summed E-state index contributed by atoms with van der Waals surface area (Å²) in [6.45, 7) is 2.52. The molecule has 1 heterocycles. The average molecular weight is 246 g/mol. The maximum atomic E-state index is 12.9. The van der Waals surface area contributed by atoms with E-state index in [1.165, 1.54) is 12.1 Å². The molecule has 0 saturated carbocycles. The van der Waals surface area contributed by atoms with Crippen LogP contribution < -0.4 is 10.1 Å². The molecule has 0 aliphatic rings. The Balaban J connectivity index is 2.02. The first kappa shape index (κ1) is 12.4. The highest BCUT2D eigenvalue weighted by Crippen LogP contribution is 2.17. The summed E-state index contributed by atoms with van der Waals surface area (Å²) < 4.78 is 17.9. The maximum Gasteiger partial charge on any atom is 0.212 e. The molecule has 0 saturated heterocycles. The molecule has 0 fully saturated rings. The fourth-order valence-electron chi connectivity index (χ4n) is 1.66. The third kappa shape index (κ3) is 2.97. The van der Waals surface area contributed by atoms with E-state index in [-0.39, 0.29) is 5.82 Å². The Bertz CT molecular complexity index is 526. The lowest BCUT2D eigenvalue weighted by atomic mass is 10.2. The summed E-state index contributed by atoms with van der Waals surface area (Å²) in [6, 6.07) is 8.45. The number of nitrogens with zero attached hydrogens (tertiary/aromatic N) is 1. The first-order valence-electron chi connectivity index (χ1n) is 5.68. The Kier molecular flexibility index (Phi) is 3.77. The van der Waals surface area contributed by atoms with Crippen LogP contribution in [0, 0.1) is 12.7 Å². The van der Waals surface area contributed by atoms with Crippen LogP contribution in [0.1, 0.15) is 11.1 Å². The average Bonchev–Trinajstić information content (AvgIpc) is 2.38. The fraction of sp³-hybridized carbons (Fsp3) is 0.214. The van der Waals surface area contributed by atoms with Gasteiger partial charge in [0.1, 0.15) is 5.82 Å². The predicted octanol–water partition coefficient (Wildman–Crippen LogP) is 3.15. The number of aromatic nitrogens is 1. The van der Waals surface area contributed by atoms with Gasteiger partial charge in [-0.05, 0) is 36.2 Å². The number of aryl methyl sites for hydroxylation is 1. The van der Waals surface area contributed by atoms with E-state index < -0.39 is 0 Å². The highest BCUT2D eigenvalue weighted by Gasteiger charge is 2.00. The van der Waals surface area contributed by atoms with Crippen molar-refractivity contribution in [3.8, 4) is 5.88 Å². The first-order chi connectivity index (χ1) is 8.69. The van der Waals surface area contributed by atoms with Crippen LogP contribution in [0.2, 0.25) is 0 Å². The molecule has 0 aliphatic carbocycles. The molecule has 0 spiro atoms. The van der Waals surface area contributed by atoms with Gasteiger partial charge in [0.15, 0.2) is 0 Å². The summed E-state index contributed by atoms with van der Waals surface area (Å²) >= 11 is 0. The number of anilines is 1. The van der Waals surface area contributed by atoms with Crippen LogP contribution in [0.5, 0.6) is 5.88 Å². The van der Waals surface area contributed by atoms with Crippen LogP contribution in [0.4, 0.5) is 10.1 Å². The fourth-order valence-corrected chi connectivity index (χ4v) is 1.66. The molecule has 18 heavy (non-hydrogen) atoms. The van der Waals surface area contributed by atoms with Crippen molar-refractivity contribution in [3.05, 3.63) is 53.5 Å². The Morgan fingerprint density at radius 2 is 2.11 bits per heavy atom. The van der Waals surface area contributed by atoms with Gasteiger partial charge >= 0.3 is 0 Å². The Labute approximate surface area is 106 Å². The number of ether oxygens (including phenoxy) is 1. The van der Waals surface area contributed by atoms with Crippen molar-refractivity contribution in [2.24, 2.45) is 0 Å². The highest BCUT2D eigenvalue weighted by atomic mass is 19.1. The smallest absolute Gasteiger partial charge is 0.212 e. The van der Waals surface area contributed by atoms with Crippen molar-refractivity contribution in [2.75, 3.05) is 12.4 Å².